The van der Waals surface area contributed by atoms with Crippen molar-refractivity contribution in [2.45, 2.75) is 63.1 Å². The molecule has 2 aromatic carbocycles. The van der Waals surface area contributed by atoms with Gasteiger partial charge in [0, 0.05) is 37.2 Å². The minimum absolute atomic E-state index is 0.00436. The number of aromatic nitrogens is 2. The van der Waals surface area contributed by atoms with E-state index >= 15 is 0 Å². The Morgan fingerprint density at radius 1 is 1.00 bits per heavy atom. The topological polar surface area (TPSA) is 95.7 Å². The van der Waals surface area contributed by atoms with Gasteiger partial charge < -0.3 is 19.5 Å². The Balaban J connectivity index is 1.43. The molecule has 2 fully saturated rings. The molecule has 186 valence electrons. The van der Waals surface area contributed by atoms with E-state index in [0.29, 0.717) is 5.82 Å². The number of hydrogen-bond acceptors (Lipinski definition) is 4. The molecule has 3 atom stereocenters. The van der Waals surface area contributed by atoms with Crippen LogP contribution in [0.5, 0.6) is 0 Å². The molecule has 0 bridgehead atoms. The zero-order chi connectivity index (χ0) is 25.0. The van der Waals surface area contributed by atoms with Gasteiger partial charge in [0.15, 0.2) is 5.82 Å². The van der Waals surface area contributed by atoms with Crippen LogP contribution in [0.25, 0.3) is 11.0 Å². The molecule has 8 nitrogen and oxygen atoms in total. The van der Waals surface area contributed by atoms with Crippen LogP contribution >= 0.6 is 0 Å². The summed E-state index contributed by atoms with van der Waals surface area (Å²) in [5.74, 6) is -0.659. The van der Waals surface area contributed by atoms with Crippen molar-refractivity contribution >= 4 is 34.5 Å². The van der Waals surface area contributed by atoms with Gasteiger partial charge in [0.05, 0.1) is 23.5 Å². The monoisotopic (exact) mass is 486 g/mol. The summed E-state index contributed by atoms with van der Waals surface area (Å²) < 4.78 is 1.86. The Hall–Kier alpha value is -3.68. The Morgan fingerprint density at radius 2 is 1.75 bits per heavy atom. The average molecular weight is 487 g/mol. The quantitative estimate of drug-likeness (QED) is 0.561. The largest absolute Gasteiger partial charge is 0.481 e. The van der Waals surface area contributed by atoms with Crippen molar-refractivity contribution in [3.63, 3.8) is 0 Å². The van der Waals surface area contributed by atoms with E-state index in [1.807, 2.05) is 69.9 Å². The predicted molar refractivity (Wildman–Crippen MR) is 135 cm³/mol. The molecule has 0 spiro atoms. The lowest BCUT2D eigenvalue weighted by molar-refractivity contribution is -0.142. The lowest BCUT2D eigenvalue weighted by Gasteiger charge is -2.47. The first-order valence-corrected chi connectivity index (χ1v) is 12.8. The van der Waals surface area contributed by atoms with Crippen molar-refractivity contribution in [1.82, 2.24) is 14.5 Å². The highest BCUT2D eigenvalue weighted by Gasteiger charge is 2.51. The van der Waals surface area contributed by atoms with Crippen molar-refractivity contribution < 1.29 is 19.5 Å². The maximum absolute atomic E-state index is 14.1. The summed E-state index contributed by atoms with van der Waals surface area (Å²) in [6, 6.07) is 15.6. The van der Waals surface area contributed by atoms with Crippen molar-refractivity contribution in [3.05, 3.63) is 59.9 Å². The van der Waals surface area contributed by atoms with E-state index in [9.17, 15) is 19.5 Å². The summed E-state index contributed by atoms with van der Waals surface area (Å²) in [5.41, 5.74) is 3.51. The molecule has 3 aliphatic rings. The fourth-order valence-electron chi connectivity index (χ4n) is 6.37. The zero-order valence-electron chi connectivity index (χ0n) is 20.3. The van der Waals surface area contributed by atoms with E-state index in [1.165, 1.54) is 0 Å². The number of nitrogens with zero attached hydrogens (tertiary/aromatic N) is 4. The fourth-order valence-corrected chi connectivity index (χ4v) is 6.37. The molecule has 6 rings (SSSR count). The average Bonchev–Trinajstić information content (AvgIpc) is 3.50. The number of imidazole rings is 1. The van der Waals surface area contributed by atoms with Crippen LogP contribution in [0.2, 0.25) is 0 Å². The lowest BCUT2D eigenvalue weighted by atomic mass is 9.81. The van der Waals surface area contributed by atoms with E-state index in [1.54, 1.807) is 0 Å². The third-order valence-electron chi connectivity index (χ3n) is 8.06. The van der Waals surface area contributed by atoms with Crippen LogP contribution in [-0.2, 0) is 16.6 Å². The van der Waals surface area contributed by atoms with Crippen molar-refractivity contribution in [2.75, 3.05) is 4.90 Å². The number of anilines is 1. The van der Waals surface area contributed by atoms with Crippen LogP contribution in [0.1, 0.15) is 67.2 Å². The van der Waals surface area contributed by atoms with Gasteiger partial charge >= 0.3 is 5.97 Å². The van der Waals surface area contributed by atoms with Gasteiger partial charge in [-0.3, -0.25) is 14.4 Å². The Morgan fingerprint density at radius 3 is 2.50 bits per heavy atom. The molecule has 2 aliphatic carbocycles. The number of para-hydroxylation sites is 3. The molecule has 8 heteroatoms. The Kier molecular flexibility index (Phi) is 5.54. The van der Waals surface area contributed by atoms with Gasteiger partial charge in [0.25, 0.3) is 5.91 Å². The summed E-state index contributed by atoms with van der Waals surface area (Å²) in [6.07, 6.45) is 4.49. The maximum Gasteiger partial charge on any atom is 0.303 e. The molecule has 0 unspecified atom stereocenters. The lowest BCUT2D eigenvalue weighted by Crippen LogP contribution is -2.53. The molecule has 1 N–H and O–H groups in total. The van der Waals surface area contributed by atoms with Gasteiger partial charge in [-0.2, -0.15) is 0 Å². The fraction of sp³-hybridized carbons (Fsp3) is 0.429. The summed E-state index contributed by atoms with van der Waals surface area (Å²) >= 11 is 0. The van der Waals surface area contributed by atoms with Gasteiger partial charge in [-0.1, -0.05) is 36.8 Å². The number of carbonyl (C=O) groups excluding carboxylic acids is 2. The number of aryl methyl sites for hydroxylation is 1. The zero-order valence-corrected chi connectivity index (χ0v) is 20.3. The van der Waals surface area contributed by atoms with Crippen molar-refractivity contribution in [2.24, 2.45) is 13.0 Å². The molecule has 1 aromatic heterocycles. The van der Waals surface area contributed by atoms with Gasteiger partial charge in [-0.15, -0.1) is 0 Å². The van der Waals surface area contributed by atoms with Crippen molar-refractivity contribution in [1.29, 1.82) is 0 Å². The highest BCUT2D eigenvalue weighted by molar-refractivity contribution is 6.07. The van der Waals surface area contributed by atoms with Crippen LogP contribution in [0.4, 0.5) is 5.69 Å². The second-order valence-electron chi connectivity index (χ2n) is 10.2. The number of carboxylic acid groups (broad SMARTS) is 1. The van der Waals surface area contributed by atoms with Crippen LogP contribution in [-0.4, -0.2) is 49.4 Å². The minimum Gasteiger partial charge on any atom is -0.481 e. The van der Waals surface area contributed by atoms with E-state index in [-0.39, 0.29) is 48.7 Å². The number of benzene rings is 2. The molecule has 0 saturated heterocycles. The first-order valence-electron chi connectivity index (χ1n) is 12.8. The number of amides is 2. The molecule has 1 aliphatic heterocycles. The molecule has 2 amide bonds. The summed E-state index contributed by atoms with van der Waals surface area (Å²) in [7, 11) is 1.88. The number of carbonyl (C=O) groups is 3. The van der Waals surface area contributed by atoms with Gasteiger partial charge in [0.2, 0.25) is 5.91 Å². The summed E-state index contributed by atoms with van der Waals surface area (Å²) in [5, 5.41) is 9.17. The van der Waals surface area contributed by atoms with Gasteiger partial charge in [-0.05, 0) is 49.4 Å². The predicted octanol–water partition coefficient (Wildman–Crippen LogP) is 4.30. The number of aliphatic carboxylic acids is 1. The van der Waals surface area contributed by atoms with Gasteiger partial charge in [-0.25, -0.2) is 4.98 Å². The second kappa shape index (κ2) is 8.76. The van der Waals surface area contributed by atoms with Crippen LogP contribution in [0.3, 0.4) is 0 Å². The third-order valence-corrected chi connectivity index (χ3v) is 8.06. The van der Waals surface area contributed by atoms with E-state index in [0.717, 1.165) is 54.4 Å². The molecule has 3 aromatic rings. The first kappa shape index (κ1) is 22.8. The van der Waals surface area contributed by atoms with Gasteiger partial charge in [0.1, 0.15) is 0 Å². The number of hydrogen-bond donors (Lipinski definition) is 1. The van der Waals surface area contributed by atoms with Crippen LogP contribution in [0.15, 0.2) is 48.5 Å². The molecular weight excluding hydrogens is 456 g/mol. The van der Waals surface area contributed by atoms with Crippen molar-refractivity contribution in [3.8, 4) is 0 Å². The minimum atomic E-state index is -0.957. The SMILES string of the molecule is Cn1c(C(=O)N2c3ccccc3[C@H](N(C(=O)CCC(=O)O)C3CC3)[C@H]3CCC[C@H]32)nc2ccccc21. The Bertz CT molecular complexity index is 1360. The van der Waals surface area contributed by atoms with Crippen LogP contribution in [0, 0.1) is 5.92 Å². The number of fused-ring (bicyclic) bond motifs is 3. The highest BCUT2D eigenvalue weighted by atomic mass is 16.4. The number of rotatable bonds is 6. The summed E-state index contributed by atoms with van der Waals surface area (Å²) in [4.78, 5) is 47.3. The molecular formula is C28H30N4O4. The maximum atomic E-state index is 14.1. The molecule has 2 saturated carbocycles. The first-order chi connectivity index (χ1) is 17.5. The normalized spacial score (nSPS) is 22.8. The third kappa shape index (κ3) is 3.67. The van der Waals surface area contributed by atoms with E-state index in [4.69, 9.17) is 0 Å². The second-order valence-corrected chi connectivity index (χ2v) is 10.2. The number of carboxylic acids is 1. The summed E-state index contributed by atoms with van der Waals surface area (Å²) in [6.45, 7) is 0. The van der Waals surface area contributed by atoms with E-state index < -0.39 is 5.97 Å². The van der Waals surface area contributed by atoms with E-state index in [2.05, 4.69) is 4.98 Å². The molecule has 2 heterocycles. The van der Waals surface area contributed by atoms with Crippen LogP contribution < -0.4 is 4.90 Å². The standard InChI is InChI=1S/C28H30N4O4/c1-30-23-11-5-3-9-20(23)29-27(30)28(36)32-21-10-4-2-7-18(21)26(19-8-6-12-22(19)32)31(17-13-14-17)24(33)15-16-25(34)35/h2-5,7,9-11,17,19,22,26H,6,8,12-16H2,1H3,(H,34,35)/t19-,22+,26-/m0/s1. The Labute approximate surface area is 209 Å². The molecule has 36 heavy (non-hydrogen) atoms. The smallest absolute Gasteiger partial charge is 0.303 e. The molecule has 0 radical (unpaired) electrons. The highest BCUT2D eigenvalue weighted by Crippen LogP contribution is 2.52.